The fourth-order valence-electron chi connectivity index (χ4n) is 1.74. The molecule has 2 aromatic rings. The van der Waals surface area contributed by atoms with E-state index in [2.05, 4.69) is 10.2 Å². The number of nitrogens with zero attached hydrogens (tertiary/aromatic N) is 4. The molecule has 0 N–H and O–H groups in total. The second-order valence-electron chi connectivity index (χ2n) is 3.88. The maximum absolute atomic E-state index is 12.2. The Bertz CT molecular complexity index is 646. The van der Waals surface area contributed by atoms with Crippen molar-refractivity contribution in [1.82, 2.24) is 19.3 Å². The van der Waals surface area contributed by atoms with Gasteiger partial charge in [0, 0.05) is 13.1 Å². The third-order valence-corrected chi connectivity index (χ3v) is 6.26. The minimum Gasteiger partial charge on any atom is -0.206 e. The highest BCUT2D eigenvalue weighted by molar-refractivity contribution is 7.91. The lowest BCUT2D eigenvalue weighted by Crippen LogP contribution is -2.50. The van der Waals surface area contributed by atoms with E-state index in [1.54, 1.807) is 18.5 Å². The van der Waals surface area contributed by atoms with Crippen molar-refractivity contribution in [2.75, 3.05) is 13.1 Å². The van der Waals surface area contributed by atoms with Gasteiger partial charge >= 0.3 is 0 Å². The predicted octanol–water partition coefficient (Wildman–Crippen LogP) is 1.24. The van der Waals surface area contributed by atoms with Crippen LogP contribution < -0.4 is 0 Å². The van der Waals surface area contributed by atoms with Gasteiger partial charge in [0.1, 0.15) is 4.21 Å². The Morgan fingerprint density at radius 2 is 1.94 bits per heavy atom. The van der Waals surface area contributed by atoms with Gasteiger partial charge in [-0.2, -0.15) is 19.3 Å². The normalized spacial score (nSPS) is 17.8. The maximum atomic E-state index is 12.2. The van der Waals surface area contributed by atoms with Crippen LogP contribution in [0.1, 0.15) is 6.04 Å². The largest absolute Gasteiger partial charge is 0.252 e. The highest BCUT2D eigenvalue weighted by Gasteiger charge is 2.39. The molecule has 96 valence electrons. The van der Waals surface area contributed by atoms with E-state index in [1.165, 1.54) is 15.2 Å². The monoisotopic (exact) mass is 304 g/mol. The van der Waals surface area contributed by atoms with E-state index in [-0.39, 0.29) is 10.3 Å². The van der Waals surface area contributed by atoms with Crippen molar-refractivity contribution in [3.8, 4) is 0 Å². The zero-order chi connectivity index (χ0) is 12.8. The van der Waals surface area contributed by atoms with Gasteiger partial charge in [0.2, 0.25) is 0 Å². The van der Waals surface area contributed by atoms with Gasteiger partial charge in [0.05, 0.1) is 22.8 Å². The molecular weight excluding hydrogens is 296 g/mol. The van der Waals surface area contributed by atoms with Crippen LogP contribution in [-0.2, 0) is 10.0 Å². The molecule has 0 atom stereocenters. The SMILES string of the molecule is O=S(=O)(c1ccc(Cl)s1)N1CC(n2nccn2)C1. The van der Waals surface area contributed by atoms with Crippen LogP contribution in [0, 0.1) is 0 Å². The quantitative estimate of drug-likeness (QED) is 0.855. The van der Waals surface area contributed by atoms with E-state index in [0.717, 1.165) is 11.3 Å². The first-order valence-electron chi connectivity index (χ1n) is 5.18. The number of rotatable bonds is 3. The lowest BCUT2D eigenvalue weighted by molar-refractivity contribution is 0.176. The van der Waals surface area contributed by atoms with Crippen LogP contribution in [0.4, 0.5) is 0 Å². The molecule has 0 aliphatic carbocycles. The predicted molar refractivity (Wildman–Crippen MR) is 67.1 cm³/mol. The molecule has 0 unspecified atom stereocenters. The molecule has 0 bridgehead atoms. The summed E-state index contributed by atoms with van der Waals surface area (Å²) in [6.07, 6.45) is 3.16. The smallest absolute Gasteiger partial charge is 0.206 e. The van der Waals surface area contributed by atoms with Crippen molar-refractivity contribution in [2.45, 2.75) is 10.3 Å². The van der Waals surface area contributed by atoms with E-state index in [9.17, 15) is 8.42 Å². The minimum absolute atomic E-state index is 0.0187. The van der Waals surface area contributed by atoms with Crippen molar-refractivity contribution in [2.24, 2.45) is 0 Å². The third-order valence-electron chi connectivity index (χ3n) is 2.73. The topological polar surface area (TPSA) is 68.1 Å². The number of sulfonamides is 1. The van der Waals surface area contributed by atoms with Crippen LogP contribution in [0.2, 0.25) is 4.34 Å². The minimum atomic E-state index is -3.41. The van der Waals surface area contributed by atoms with Gasteiger partial charge in [-0.3, -0.25) is 0 Å². The van der Waals surface area contributed by atoms with Gasteiger partial charge in [-0.05, 0) is 12.1 Å². The molecule has 0 aromatic carbocycles. The number of hydrogen-bond donors (Lipinski definition) is 0. The Morgan fingerprint density at radius 1 is 1.28 bits per heavy atom. The van der Waals surface area contributed by atoms with Crippen molar-refractivity contribution in [3.05, 3.63) is 28.9 Å². The highest BCUT2D eigenvalue weighted by Crippen LogP contribution is 2.32. The summed E-state index contributed by atoms with van der Waals surface area (Å²) in [7, 11) is -3.41. The molecule has 1 aliphatic rings. The van der Waals surface area contributed by atoms with E-state index in [4.69, 9.17) is 11.6 Å². The standard InChI is InChI=1S/C9H9ClN4O2S2/c10-8-1-2-9(17-8)18(15,16)13-5-7(6-13)14-11-3-4-12-14/h1-4,7H,5-6H2. The first-order chi connectivity index (χ1) is 8.57. The van der Waals surface area contributed by atoms with Gasteiger partial charge < -0.3 is 0 Å². The molecule has 0 radical (unpaired) electrons. The second-order valence-corrected chi connectivity index (χ2v) is 7.76. The number of hydrogen-bond acceptors (Lipinski definition) is 5. The zero-order valence-electron chi connectivity index (χ0n) is 9.10. The molecule has 0 saturated carbocycles. The summed E-state index contributed by atoms with van der Waals surface area (Å²) in [5, 5.41) is 7.99. The average molecular weight is 305 g/mol. The van der Waals surface area contributed by atoms with Gasteiger partial charge in [-0.15, -0.1) is 11.3 Å². The summed E-state index contributed by atoms with van der Waals surface area (Å²) < 4.78 is 26.5. The van der Waals surface area contributed by atoms with Crippen molar-refractivity contribution >= 4 is 33.0 Å². The van der Waals surface area contributed by atoms with Crippen LogP contribution in [0.5, 0.6) is 0 Å². The Labute approximate surface area is 113 Å². The molecule has 0 amide bonds. The van der Waals surface area contributed by atoms with Gasteiger partial charge in [0.15, 0.2) is 0 Å². The van der Waals surface area contributed by atoms with E-state index in [1.807, 2.05) is 0 Å². The number of thiophene rings is 1. The van der Waals surface area contributed by atoms with E-state index >= 15 is 0 Å². The van der Waals surface area contributed by atoms with Crippen LogP contribution in [0.3, 0.4) is 0 Å². The Kier molecular flexibility index (Phi) is 2.89. The second kappa shape index (κ2) is 4.30. The molecule has 1 fully saturated rings. The summed E-state index contributed by atoms with van der Waals surface area (Å²) in [4.78, 5) is 1.54. The Hall–Kier alpha value is -0.960. The molecule has 1 aliphatic heterocycles. The van der Waals surface area contributed by atoms with Gasteiger partial charge in [-0.25, -0.2) is 8.42 Å². The molecule has 6 nitrogen and oxygen atoms in total. The van der Waals surface area contributed by atoms with Gasteiger partial charge in [-0.1, -0.05) is 11.6 Å². The number of aromatic nitrogens is 3. The van der Waals surface area contributed by atoms with Crippen LogP contribution in [-0.4, -0.2) is 40.8 Å². The van der Waals surface area contributed by atoms with Crippen molar-refractivity contribution in [3.63, 3.8) is 0 Å². The molecular formula is C9H9ClN4O2S2. The van der Waals surface area contributed by atoms with Crippen molar-refractivity contribution < 1.29 is 8.42 Å². The average Bonchev–Trinajstić information content (AvgIpc) is 2.86. The summed E-state index contributed by atoms with van der Waals surface area (Å²) >= 11 is 6.82. The molecule has 0 spiro atoms. The fraction of sp³-hybridized carbons (Fsp3) is 0.333. The Morgan fingerprint density at radius 3 is 2.50 bits per heavy atom. The van der Waals surface area contributed by atoms with Gasteiger partial charge in [0.25, 0.3) is 10.0 Å². The molecule has 3 heterocycles. The van der Waals surface area contributed by atoms with Crippen LogP contribution >= 0.6 is 22.9 Å². The first kappa shape index (κ1) is 12.1. The zero-order valence-corrected chi connectivity index (χ0v) is 11.5. The van der Waals surface area contributed by atoms with E-state index < -0.39 is 10.0 Å². The fourth-order valence-corrected chi connectivity index (χ4v) is 4.89. The molecule has 9 heteroatoms. The lowest BCUT2D eigenvalue weighted by Gasteiger charge is -2.36. The van der Waals surface area contributed by atoms with Crippen LogP contribution in [0.25, 0.3) is 0 Å². The summed E-state index contributed by atoms with van der Waals surface area (Å²) in [5.41, 5.74) is 0. The molecule has 3 rings (SSSR count). The maximum Gasteiger partial charge on any atom is 0.252 e. The summed E-state index contributed by atoms with van der Waals surface area (Å²) in [6.45, 7) is 0.791. The molecule has 18 heavy (non-hydrogen) atoms. The lowest BCUT2D eigenvalue weighted by atomic mass is 10.2. The van der Waals surface area contributed by atoms with Crippen LogP contribution in [0.15, 0.2) is 28.7 Å². The molecule has 1 saturated heterocycles. The number of halogens is 1. The third kappa shape index (κ3) is 1.95. The van der Waals surface area contributed by atoms with E-state index in [0.29, 0.717) is 17.4 Å². The summed E-state index contributed by atoms with van der Waals surface area (Å²) in [6, 6.07) is 3.14. The Balaban J connectivity index is 1.75. The summed E-state index contributed by atoms with van der Waals surface area (Å²) in [5.74, 6) is 0. The highest BCUT2D eigenvalue weighted by atomic mass is 35.5. The molecule has 2 aromatic heterocycles. The van der Waals surface area contributed by atoms with Crippen molar-refractivity contribution in [1.29, 1.82) is 0 Å². The first-order valence-corrected chi connectivity index (χ1v) is 7.82.